The molecule has 0 saturated heterocycles. The van der Waals surface area contributed by atoms with Crippen LogP contribution in [0.25, 0.3) is 0 Å². The van der Waals surface area contributed by atoms with Crippen LogP contribution in [0.4, 0.5) is 21.9 Å². The highest BCUT2D eigenvalue weighted by Crippen LogP contribution is 2.27. The quantitative estimate of drug-likeness (QED) is 0.343. The third-order valence-electron chi connectivity index (χ3n) is 3.52. The summed E-state index contributed by atoms with van der Waals surface area (Å²) in [7, 11) is 0. The van der Waals surface area contributed by atoms with Gasteiger partial charge in [0.25, 0.3) is 11.6 Å². The first-order valence-electron chi connectivity index (χ1n) is 8.95. The van der Waals surface area contributed by atoms with Gasteiger partial charge in [0.05, 0.1) is 16.2 Å². The van der Waals surface area contributed by atoms with Crippen molar-refractivity contribution in [3.05, 3.63) is 62.6 Å². The third-order valence-corrected chi connectivity index (χ3v) is 4.17. The second-order valence-corrected chi connectivity index (χ2v) is 8.11. The maximum Gasteiger partial charge on any atom is 0.412 e. The largest absolute Gasteiger partial charge is 0.452 e. The van der Waals surface area contributed by atoms with Crippen LogP contribution in [-0.2, 0) is 14.3 Å². The Morgan fingerprint density at radius 3 is 2.42 bits per heavy atom. The topological polar surface area (TPSA) is 137 Å². The number of amides is 2. The summed E-state index contributed by atoms with van der Waals surface area (Å²) in [6.45, 7) is 4.59. The smallest absolute Gasteiger partial charge is 0.412 e. The Bertz CT molecular complexity index is 1020. The van der Waals surface area contributed by atoms with Gasteiger partial charge in [-0.2, -0.15) is 0 Å². The van der Waals surface area contributed by atoms with Crippen LogP contribution in [0.5, 0.6) is 0 Å². The molecule has 2 aromatic carbocycles. The lowest BCUT2D eigenvalue weighted by molar-refractivity contribution is -0.384. The van der Waals surface area contributed by atoms with Crippen molar-refractivity contribution >= 4 is 51.0 Å². The number of benzene rings is 2. The number of esters is 1. The SMILES string of the molecule is CC(C)(C)OC(=O)Nc1cccc(C(=O)OCC(=O)Nc2ccc([N+](=O)[O-])cc2Br)c1. The number of anilines is 2. The zero-order valence-electron chi connectivity index (χ0n) is 16.9. The molecule has 31 heavy (non-hydrogen) atoms. The minimum atomic E-state index is -0.772. The van der Waals surface area contributed by atoms with Gasteiger partial charge in [-0.25, -0.2) is 9.59 Å². The van der Waals surface area contributed by atoms with Gasteiger partial charge in [0.1, 0.15) is 5.60 Å². The van der Waals surface area contributed by atoms with Gasteiger partial charge >= 0.3 is 12.1 Å². The molecule has 10 nitrogen and oxygen atoms in total. The highest BCUT2D eigenvalue weighted by atomic mass is 79.9. The summed E-state index contributed by atoms with van der Waals surface area (Å²) in [5.41, 5.74) is -0.0839. The Labute approximate surface area is 186 Å². The van der Waals surface area contributed by atoms with Crippen molar-refractivity contribution in [3.8, 4) is 0 Å². The zero-order valence-corrected chi connectivity index (χ0v) is 18.5. The second-order valence-electron chi connectivity index (χ2n) is 7.25. The van der Waals surface area contributed by atoms with Crippen molar-refractivity contribution in [1.29, 1.82) is 0 Å². The van der Waals surface area contributed by atoms with E-state index in [1.807, 2.05) is 0 Å². The number of hydrogen-bond acceptors (Lipinski definition) is 7. The van der Waals surface area contributed by atoms with E-state index in [-0.39, 0.29) is 16.9 Å². The molecule has 164 valence electrons. The second kappa shape index (κ2) is 10.0. The Morgan fingerprint density at radius 2 is 1.81 bits per heavy atom. The van der Waals surface area contributed by atoms with Gasteiger partial charge < -0.3 is 14.8 Å². The lowest BCUT2D eigenvalue weighted by Gasteiger charge is -2.19. The molecule has 11 heteroatoms. The summed E-state index contributed by atoms with van der Waals surface area (Å²) in [5.74, 6) is -1.41. The molecule has 0 aliphatic carbocycles. The molecule has 2 aromatic rings. The van der Waals surface area contributed by atoms with E-state index in [1.54, 1.807) is 26.8 Å². The van der Waals surface area contributed by atoms with Crippen LogP contribution in [0, 0.1) is 10.1 Å². The fourth-order valence-corrected chi connectivity index (χ4v) is 2.73. The van der Waals surface area contributed by atoms with E-state index < -0.39 is 35.1 Å². The van der Waals surface area contributed by atoms with E-state index in [2.05, 4.69) is 26.6 Å². The number of non-ortho nitro benzene ring substituents is 1. The lowest BCUT2D eigenvalue weighted by Crippen LogP contribution is -2.27. The molecule has 2 N–H and O–H groups in total. The van der Waals surface area contributed by atoms with Crippen LogP contribution in [-0.4, -0.2) is 35.1 Å². The fraction of sp³-hybridized carbons (Fsp3) is 0.250. The minimum absolute atomic E-state index is 0.123. The summed E-state index contributed by atoms with van der Waals surface area (Å²) in [6.07, 6.45) is -0.675. The van der Waals surface area contributed by atoms with Crippen LogP contribution in [0.1, 0.15) is 31.1 Å². The monoisotopic (exact) mass is 493 g/mol. The van der Waals surface area contributed by atoms with E-state index in [0.717, 1.165) is 0 Å². The first-order valence-corrected chi connectivity index (χ1v) is 9.75. The molecule has 0 aliphatic rings. The number of carbonyl (C=O) groups is 3. The van der Waals surface area contributed by atoms with Crippen LogP contribution >= 0.6 is 15.9 Å². The minimum Gasteiger partial charge on any atom is -0.452 e. The van der Waals surface area contributed by atoms with Gasteiger partial charge in [-0.1, -0.05) is 6.07 Å². The van der Waals surface area contributed by atoms with Gasteiger partial charge in [-0.05, 0) is 61.0 Å². The van der Waals surface area contributed by atoms with Gasteiger partial charge in [-0.15, -0.1) is 0 Å². The summed E-state index contributed by atoms with van der Waals surface area (Å²) in [5, 5.41) is 15.7. The molecule has 0 aromatic heterocycles. The lowest BCUT2D eigenvalue weighted by atomic mass is 10.2. The van der Waals surface area contributed by atoms with Crippen molar-refractivity contribution in [1.82, 2.24) is 0 Å². The van der Waals surface area contributed by atoms with Crippen molar-refractivity contribution < 1.29 is 28.8 Å². The first kappa shape index (κ1) is 23.8. The van der Waals surface area contributed by atoms with E-state index in [9.17, 15) is 24.5 Å². The molecule has 2 rings (SSSR count). The van der Waals surface area contributed by atoms with E-state index >= 15 is 0 Å². The maximum atomic E-state index is 12.2. The number of nitrogens with one attached hydrogen (secondary N) is 2. The average Bonchev–Trinajstić information content (AvgIpc) is 2.66. The Morgan fingerprint density at radius 1 is 1.10 bits per heavy atom. The number of carbonyl (C=O) groups excluding carboxylic acids is 3. The summed E-state index contributed by atoms with van der Waals surface area (Å²) < 4.78 is 10.4. The maximum absolute atomic E-state index is 12.2. The van der Waals surface area contributed by atoms with Gasteiger partial charge in [0.2, 0.25) is 0 Å². The van der Waals surface area contributed by atoms with E-state index in [1.165, 1.54) is 36.4 Å². The molecular formula is C20H20BrN3O7. The predicted octanol–water partition coefficient (Wildman–Crippen LogP) is 4.50. The zero-order chi connectivity index (χ0) is 23.2. The number of rotatable bonds is 6. The Kier molecular flexibility index (Phi) is 7.70. The van der Waals surface area contributed by atoms with Crippen molar-refractivity contribution in [2.75, 3.05) is 17.2 Å². The van der Waals surface area contributed by atoms with E-state index in [0.29, 0.717) is 10.2 Å². The van der Waals surface area contributed by atoms with Crippen molar-refractivity contribution in [2.24, 2.45) is 0 Å². The molecule has 0 atom stereocenters. The standard InChI is InChI=1S/C20H20BrN3O7/c1-20(2,3)31-19(27)22-13-6-4-5-12(9-13)18(26)30-11-17(25)23-16-8-7-14(24(28)29)10-15(16)21/h4-10H,11H2,1-3H3,(H,22,27)(H,23,25). The number of hydrogen-bond donors (Lipinski definition) is 2. The number of nitrogens with zero attached hydrogens (tertiary/aromatic N) is 1. The Balaban J connectivity index is 1.93. The molecule has 0 radical (unpaired) electrons. The number of nitro benzene ring substituents is 1. The normalized spacial score (nSPS) is 10.7. The van der Waals surface area contributed by atoms with Crippen LogP contribution in [0.2, 0.25) is 0 Å². The summed E-state index contributed by atoms with van der Waals surface area (Å²) in [4.78, 5) is 46.3. The van der Waals surface area contributed by atoms with Crippen LogP contribution < -0.4 is 10.6 Å². The molecule has 0 saturated carbocycles. The fourth-order valence-electron chi connectivity index (χ4n) is 2.27. The molecule has 0 heterocycles. The third kappa shape index (κ3) is 7.70. The molecule has 2 amide bonds. The van der Waals surface area contributed by atoms with Crippen LogP contribution in [0.15, 0.2) is 46.9 Å². The van der Waals surface area contributed by atoms with Gasteiger partial charge in [-0.3, -0.25) is 20.2 Å². The summed E-state index contributed by atoms with van der Waals surface area (Å²) in [6, 6.07) is 9.79. The number of ether oxygens (including phenoxy) is 2. The predicted molar refractivity (Wildman–Crippen MR) is 116 cm³/mol. The molecule has 0 aliphatic heterocycles. The van der Waals surface area contributed by atoms with Crippen molar-refractivity contribution in [2.45, 2.75) is 26.4 Å². The number of halogens is 1. The first-order chi connectivity index (χ1) is 14.4. The van der Waals surface area contributed by atoms with Gasteiger partial charge in [0, 0.05) is 22.3 Å². The molecule has 0 fully saturated rings. The highest BCUT2D eigenvalue weighted by Gasteiger charge is 2.17. The molecule has 0 bridgehead atoms. The van der Waals surface area contributed by atoms with Gasteiger partial charge in [0.15, 0.2) is 6.61 Å². The Hall–Kier alpha value is -3.47. The van der Waals surface area contributed by atoms with Crippen molar-refractivity contribution in [3.63, 3.8) is 0 Å². The number of nitro groups is 1. The average molecular weight is 494 g/mol. The highest BCUT2D eigenvalue weighted by molar-refractivity contribution is 9.10. The molecule has 0 spiro atoms. The van der Waals surface area contributed by atoms with E-state index in [4.69, 9.17) is 9.47 Å². The van der Waals surface area contributed by atoms with Crippen LogP contribution in [0.3, 0.4) is 0 Å². The molecular weight excluding hydrogens is 474 g/mol. The molecule has 0 unspecified atom stereocenters. The summed E-state index contributed by atoms with van der Waals surface area (Å²) >= 11 is 3.13.